The van der Waals surface area contributed by atoms with Crippen molar-refractivity contribution in [3.63, 3.8) is 0 Å². The molecule has 0 atom stereocenters. The zero-order chi connectivity index (χ0) is 18.8. The van der Waals surface area contributed by atoms with Crippen LogP contribution in [-0.2, 0) is 0 Å². The molecule has 0 saturated heterocycles. The smallest absolute Gasteiger partial charge is 0.335 e. The van der Waals surface area contributed by atoms with Crippen LogP contribution in [-0.4, -0.2) is 46.3 Å². The van der Waals surface area contributed by atoms with Crippen LogP contribution in [0.2, 0.25) is 0 Å². The van der Waals surface area contributed by atoms with E-state index in [0.717, 1.165) is 5.56 Å². The van der Waals surface area contributed by atoms with Crippen molar-refractivity contribution in [2.45, 2.75) is 6.42 Å². The number of nitrogens with one attached hydrogen (secondary N) is 2. The molecule has 2 aromatic carbocycles. The van der Waals surface area contributed by atoms with Gasteiger partial charge in [-0.25, -0.2) is 4.79 Å². The Labute approximate surface area is 150 Å². The Morgan fingerprint density at radius 1 is 0.769 bits per heavy atom. The Hall–Kier alpha value is -3.23. The fraction of sp³-hybridized carbons (Fsp3) is 0.167. The van der Waals surface area contributed by atoms with E-state index >= 15 is 0 Å². The minimum atomic E-state index is -1.02. The van der Waals surface area contributed by atoms with Gasteiger partial charge in [0.1, 0.15) is 0 Å². The average Bonchev–Trinajstić information content (AvgIpc) is 2.68. The van der Waals surface area contributed by atoms with Crippen molar-refractivity contribution in [1.29, 1.82) is 0 Å². The van der Waals surface area contributed by atoms with Gasteiger partial charge in [-0.1, -0.05) is 42.5 Å². The number of hydrogen-bond acceptors (Lipinski definition) is 5. The normalized spacial score (nSPS) is 11.9. The first-order valence-corrected chi connectivity index (χ1v) is 7.94. The van der Waals surface area contributed by atoms with E-state index in [9.17, 15) is 15.2 Å². The number of carboxylic acid groups (broad SMARTS) is 1. The van der Waals surface area contributed by atoms with E-state index in [1.807, 2.05) is 35.8 Å². The van der Waals surface area contributed by atoms with Crippen LogP contribution in [0.25, 0.3) is 0 Å². The second-order valence-electron chi connectivity index (χ2n) is 5.29. The van der Waals surface area contributed by atoms with Crippen LogP contribution in [0.4, 0.5) is 0 Å². The predicted octanol–water partition coefficient (Wildman–Crippen LogP) is 1.93. The molecular weight excluding hydrogens is 336 g/mol. The number of carboxylic acids is 1. The third kappa shape index (κ3) is 5.40. The Kier molecular flexibility index (Phi) is 7.29. The lowest BCUT2D eigenvalue weighted by Crippen LogP contribution is -2.21. The number of benzene rings is 2. The van der Waals surface area contributed by atoms with E-state index in [0.29, 0.717) is 30.9 Å². The second kappa shape index (κ2) is 9.92. The highest BCUT2D eigenvalue weighted by atomic mass is 16.5. The van der Waals surface area contributed by atoms with Crippen LogP contribution in [0, 0.1) is 0 Å². The number of carbonyl (C=O) groups is 1. The molecule has 2 aromatic rings. The zero-order valence-corrected chi connectivity index (χ0v) is 14.0. The molecule has 5 N–H and O–H groups in total. The molecule has 0 bridgehead atoms. The van der Waals surface area contributed by atoms with Crippen molar-refractivity contribution >= 4 is 17.6 Å². The van der Waals surface area contributed by atoms with Crippen molar-refractivity contribution < 1.29 is 20.3 Å². The first-order valence-electron chi connectivity index (χ1n) is 7.94. The zero-order valence-electron chi connectivity index (χ0n) is 14.0. The highest BCUT2D eigenvalue weighted by Crippen LogP contribution is 2.05. The van der Waals surface area contributed by atoms with Gasteiger partial charge < -0.3 is 5.11 Å². The van der Waals surface area contributed by atoms with E-state index < -0.39 is 5.97 Å². The van der Waals surface area contributed by atoms with Gasteiger partial charge in [-0.2, -0.15) is 0 Å². The molecule has 0 aliphatic carbocycles. The first-order chi connectivity index (χ1) is 12.7. The molecular formula is C18H20N4O4. The third-order valence-electron chi connectivity index (χ3n) is 3.52. The molecule has 0 spiro atoms. The summed E-state index contributed by atoms with van der Waals surface area (Å²) in [6.45, 7) is 0.818. The van der Waals surface area contributed by atoms with Crippen molar-refractivity contribution in [2.75, 3.05) is 13.1 Å². The van der Waals surface area contributed by atoms with Crippen molar-refractivity contribution in [1.82, 2.24) is 11.0 Å². The summed E-state index contributed by atoms with van der Waals surface area (Å²) in [7, 11) is 0. The highest BCUT2D eigenvalue weighted by molar-refractivity contribution is 5.99. The number of amidine groups is 2. The van der Waals surface area contributed by atoms with Crippen LogP contribution in [0.1, 0.15) is 27.9 Å². The molecule has 0 aliphatic rings. The molecule has 0 aromatic heterocycles. The Morgan fingerprint density at radius 3 is 1.69 bits per heavy atom. The molecule has 0 aliphatic heterocycles. The lowest BCUT2D eigenvalue weighted by Gasteiger charge is -2.06. The summed E-state index contributed by atoms with van der Waals surface area (Å²) in [6.07, 6.45) is 0.594. The quantitative estimate of drug-likeness (QED) is 0.223. The van der Waals surface area contributed by atoms with Gasteiger partial charge in [-0.15, -0.1) is 0 Å². The molecule has 8 nitrogen and oxygen atoms in total. The summed E-state index contributed by atoms with van der Waals surface area (Å²) in [4.78, 5) is 19.4. The molecule has 136 valence electrons. The number of hydrogen-bond donors (Lipinski definition) is 5. The SMILES string of the molecule is O=C(O)c1ccc(C(=NCCCN=C(NO)c2ccccc2)NO)cc1. The maximum absolute atomic E-state index is 10.8. The lowest BCUT2D eigenvalue weighted by atomic mass is 10.1. The van der Waals surface area contributed by atoms with Crippen molar-refractivity contribution in [3.8, 4) is 0 Å². The van der Waals surface area contributed by atoms with Gasteiger partial charge in [0, 0.05) is 24.2 Å². The van der Waals surface area contributed by atoms with Gasteiger partial charge in [0.05, 0.1) is 5.56 Å². The maximum atomic E-state index is 10.8. The van der Waals surface area contributed by atoms with E-state index in [1.54, 1.807) is 12.1 Å². The van der Waals surface area contributed by atoms with Gasteiger partial charge in [0.2, 0.25) is 0 Å². The van der Waals surface area contributed by atoms with Crippen LogP contribution >= 0.6 is 0 Å². The largest absolute Gasteiger partial charge is 0.478 e. The Balaban J connectivity index is 1.93. The van der Waals surface area contributed by atoms with Crippen molar-refractivity contribution in [3.05, 3.63) is 71.3 Å². The third-order valence-corrected chi connectivity index (χ3v) is 3.52. The molecule has 8 heteroatoms. The van der Waals surface area contributed by atoms with E-state index in [4.69, 9.17) is 5.11 Å². The summed E-state index contributed by atoms with van der Waals surface area (Å²) in [6, 6.07) is 15.2. The van der Waals surface area contributed by atoms with Crippen LogP contribution in [0.15, 0.2) is 64.6 Å². The van der Waals surface area contributed by atoms with Gasteiger partial charge in [0.25, 0.3) is 0 Å². The lowest BCUT2D eigenvalue weighted by molar-refractivity contribution is 0.0697. The molecule has 26 heavy (non-hydrogen) atoms. The molecule has 0 heterocycles. The summed E-state index contributed by atoms with van der Waals surface area (Å²) < 4.78 is 0. The number of rotatable bonds is 7. The van der Waals surface area contributed by atoms with Gasteiger partial charge in [-0.3, -0.25) is 31.4 Å². The van der Waals surface area contributed by atoms with Crippen LogP contribution in [0.5, 0.6) is 0 Å². The highest BCUT2D eigenvalue weighted by Gasteiger charge is 2.05. The van der Waals surface area contributed by atoms with Crippen molar-refractivity contribution in [2.24, 2.45) is 9.98 Å². The Bertz CT molecular complexity index is 774. The minimum absolute atomic E-state index is 0.158. The molecule has 0 unspecified atom stereocenters. The molecule has 0 radical (unpaired) electrons. The molecule has 2 rings (SSSR count). The van der Waals surface area contributed by atoms with Gasteiger partial charge in [0.15, 0.2) is 11.7 Å². The monoisotopic (exact) mass is 356 g/mol. The fourth-order valence-electron chi connectivity index (χ4n) is 2.20. The first kappa shape index (κ1) is 19.1. The molecule has 0 fully saturated rings. The van der Waals surface area contributed by atoms with Gasteiger partial charge >= 0.3 is 5.97 Å². The van der Waals surface area contributed by atoms with E-state index in [-0.39, 0.29) is 11.4 Å². The van der Waals surface area contributed by atoms with E-state index in [2.05, 4.69) is 15.5 Å². The van der Waals surface area contributed by atoms with Crippen LogP contribution in [0.3, 0.4) is 0 Å². The second-order valence-corrected chi connectivity index (χ2v) is 5.29. The fourth-order valence-corrected chi connectivity index (χ4v) is 2.20. The summed E-state index contributed by atoms with van der Waals surface area (Å²) in [5.41, 5.74) is 5.60. The predicted molar refractivity (Wildman–Crippen MR) is 97.1 cm³/mol. The maximum Gasteiger partial charge on any atom is 0.335 e. The number of aliphatic imine (C=N–C) groups is 2. The average molecular weight is 356 g/mol. The topological polar surface area (TPSA) is 127 Å². The van der Waals surface area contributed by atoms with Crippen LogP contribution < -0.4 is 11.0 Å². The molecule has 0 saturated carbocycles. The van der Waals surface area contributed by atoms with E-state index in [1.165, 1.54) is 12.1 Å². The van der Waals surface area contributed by atoms with Gasteiger partial charge in [-0.05, 0) is 18.6 Å². The standard InChI is InChI=1S/C18H20N4O4/c23-18(24)15-9-7-14(8-10-15)17(22-26)20-12-4-11-19-16(21-25)13-5-2-1-3-6-13/h1-3,5-10,25-26H,4,11-12H2,(H,19,21)(H,20,22)(H,23,24). The number of aromatic carboxylic acids is 1. The number of nitrogens with zero attached hydrogens (tertiary/aromatic N) is 2. The minimum Gasteiger partial charge on any atom is -0.478 e. The summed E-state index contributed by atoms with van der Waals surface area (Å²) in [5, 5.41) is 27.3. The Morgan fingerprint density at radius 2 is 1.23 bits per heavy atom. The summed E-state index contributed by atoms with van der Waals surface area (Å²) in [5.74, 6) is -0.398. The number of hydroxylamine groups is 2. The molecule has 0 amide bonds. The summed E-state index contributed by atoms with van der Waals surface area (Å²) >= 11 is 0.